The van der Waals surface area contributed by atoms with Crippen LogP contribution < -0.4 is 5.32 Å². The van der Waals surface area contributed by atoms with E-state index in [4.69, 9.17) is 11.6 Å². The molecule has 0 aliphatic carbocycles. The lowest BCUT2D eigenvalue weighted by Gasteiger charge is -2.09. The second-order valence-electron chi connectivity index (χ2n) is 4.24. The number of nitrogens with one attached hydrogen (secondary N) is 1. The summed E-state index contributed by atoms with van der Waals surface area (Å²) in [4.78, 5) is 0. The molecule has 1 atom stereocenters. The first-order valence-corrected chi connectivity index (χ1v) is 7.11. The Bertz CT molecular complexity index is 358. The van der Waals surface area contributed by atoms with Gasteiger partial charge in [-0.1, -0.05) is 11.6 Å². The van der Waals surface area contributed by atoms with Gasteiger partial charge in [-0.15, -0.1) is 0 Å². The van der Waals surface area contributed by atoms with E-state index in [1.165, 1.54) is 18.6 Å². The Morgan fingerprint density at radius 3 is 3.00 bits per heavy atom. The molecule has 16 heavy (non-hydrogen) atoms. The number of hydrogen-bond acceptors (Lipinski definition) is 3. The predicted molar refractivity (Wildman–Crippen MR) is 70.1 cm³/mol. The minimum Gasteiger partial charge on any atom is -0.311 e. The number of hydrogen-bond donors (Lipinski definition) is 1. The maximum atomic E-state index is 6.16. The molecular weight excluding hydrogens is 242 g/mol. The summed E-state index contributed by atoms with van der Waals surface area (Å²) in [6.45, 7) is 3.91. The highest BCUT2D eigenvalue weighted by molar-refractivity contribution is 8.00. The summed E-state index contributed by atoms with van der Waals surface area (Å²) in [6, 6.07) is 0. The Morgan fingerprint density at radius 2 is 2.44 bits per heavy atom. The van der Waals surface area contributed by atoms with Gasteiger partial charge in [0.05, 0.1) is 5.69 Å². The Balaban J connectivity index is 1.84. The smallest absolute Gasteiger partial charge is 0.131 e. The molecule has 1 aliphatic heterocycles. The Hall–Kier alpha value is -0.190. The zero-order valence-electron chi connectivity index (χ0n) is 9.79. The largest absolute Gasteiger partial charge is 0.311 e. The first-order valence-electron chi connectivity index (χ1n) is 5.68. The molecule has 1 fully saturated rings. The molecule has 0 amide bonds. The maximum absolute atomic E-state index is 6.16. The van der Waals surface area contributed by atoms with E-state index in [-0.39, 0.29) is 0 Å². The van der Waals surface area contributed by atoms with Crippen LogP contribution in [0, 0.1) is 6.92 Å². The van der Waals surface area contributed by atoms with E-state index < -0.39 is 0 Å². The van der Waals surface area contributed by atoms with Gasteiger partial charge >= 0.3 is 0 Å². The predicted octanol–water partition coefficient (Wildman–Crippen LogP) is 2.37. The fraction of sp³-hybridized carbons (Fsp3) is 0.727. The molecule has 90 valence electrons. The third kappa shape index (κ3) is 2.73. The first kappa shape index (κ1) is 12.3. The van der Waals surface area contributed by atoms with Crippen molar-refractivity contribution in [3.8, 4) is 0 Å². The highest BCUT2D eigenvalue weighted by atomic mass is 35.5. The average molecular weight is 260 g/mol. The van der Waals surface area contributed by atoms with Gasteiger partial charge < -0.3 is 5.32 Å². The van der Waals surface area contributed by atoms with E-state index in [2.05, 4.69) is 22.2 Å². The van der Waals surface area contributed by atoms with Crippen LogP contribution in [0.5, 0.6) is 0 Å². The van der Waals surface area contributed by atoms with E-state index >= 15 is 0 Å². The van der Waals surface area contributed by atoms with E-state index in [0.29, 0.717) is 0 Å². The third-order valence-electron chi connectivity index (χ3n) is 2.97. The molecule has 1 saturated heterocycles. The van der Waals surface area contributed by atoms with E-state index in [0.717, 1.165) is 34.7 Å². The van der Waals surface area contributed by atoms with E-state index in [9.17, 15) is 0 Å². The number of thioether (sulfide) groups is 1. The summed E-state index contributed by atoms with van der Waals surface area (Å²) in [5.41, 5.74) is 2.16. The van der Waals surface area contributed by atoms with Crippen molar-refractivity contribution in [1.82, 2.24) is 15.1 Å². The topological polar surface area (TPSA) is 29.9 Å². The minimum absolute atomic E-state index is 0.754. The zero-order valence-corrected chi connectivity index (χ0v) is 11.4. The molecule has 0 spiro atoms. The fourth-order valence-corrected chi connectivity index (χ4v) is 3.52. The van der Waals surface area contributed by atoms with Crippen LogP contribution in [-0.4, -0.2) is 27.3 Å². The van der Waals surface area contributed by atoms with Crippen molar-refractivity contribution in [2.75, 3.05) is 12.3 Å². The van der Waals surface area contributed by atoms with Gasteiger partial charge in [0.25, 0.3) is 0 Å². The number of halogens is 1. The molecule has 1 aliphatic rings. The van der Waals surface area contributed by atoms with Crippen LogP contribution in [0.3, 0.4) is 0 Å². The molecule has 3 nitrogen and oxygen atoms in total. The summed E-state index contributed by atoms with van der Waals surface area (Å²) < 4.78 is 1.73. The molecule has 2 rings (SSSR count). The standard InChI is InChI=1S/C11H18ClN3S/c1-8-10(11(12)15(2)14-8)7-13-6-9-4-3-5-16-9/h9,13H,3-7H2,1-2H3. The quantitative estimate of drug-likeness (QED) is 0.900. The van der Waals surface area contributed by atoms with Gasteiger partial charge in [0.1, 0.15) is 5.15 Å². The van der Waals surface area contributed by atoms with Crippen LogP contribution in [0.25, 0.3) is 0 Å². The second-order valence-corrected chi connectivity index (χ2v) is 6.01. The van der Waals surface area contributed by atoms with Gasteiger partial charge in [0.2, 0.25) is 0 Å². The number of aryl methyl sites for hydroxylation is 2. The van der Waals surface area contributed by atoms with Gasteiger partial charge in [-0.05, 0) is 25.5 Å². The lowest BCUT2D eigenvalue weighted by molar-refractivity contribution is 0.644. The summed E-state index contributed by atoms with van der Waals surface area (Å²) in [7, 11) is 1.88. The van der Waals surface area contributed by atoms with Crippen molar-refractivity contribution in [2.24, 2.45) is 7.05 Å². The Labute approximate surface area is 106 Å². The monoisotopic (exact) mass is 259 g/mol. The molecule has 5 heteroatoms. The zero-order chi connectivity index (χ0) is 11.5. The van der Waals surface area contributed by atoms with Crippen LogP contribution in [-0.2, 0) is 13.6 Å². The highest BCUT2D eigenvalue weighted by Crippen LogP contribution is 2.25. The maximum Gasteiger partial charge on any atom is 0.131 e. The van der Waals surface area contributed by atoms with Gasteiger partial charge in [0, 0.05) is 31.0 Å². The van der Waals surface area contributed by atoms with Crippen LogP contribution in [0.4, 0.5) is 0 Å². The lowest BCUT2D eigenvalue weighted by Crippen LogP contribution is -2.22. The summed E-state index contributed by atoms with van der Waals surface area (Å²) in [6.07, 6.45) is 2.71. The Morgan fingerprint density at radius 1 is 1.62 bits per heavy atom. The van der Waals surface area contributed by atoms with Crippen molar-refractivity contribution in [2.45, 2.75) is 31.6 Å². The summed E-state index contributed by atoms with van der Waals surface area (Å²) in [5.74, 6) is 1.32. The lowest BCUT2D eigenvalue weighted by atomic mass is 10.2. The van der Waals surface area contributed by atoms with E-state index in [1.807, 2.05) is 14.0 Å². The first-order chi connectivity index (χ1) is 7.68. The molecule has 1 N–H and O–H groups in total. The average Bonchev–Trinajstić information content (AvgIpc) is 2.82. The molecule has 1 unspecified atom stereocenters. The van der Waals surface area contributed by atoms with Crippen molar-refractivity contribution in [3.63, 3.8) is 0 Å². The number of rotatable bonds is 4. The summed E-state index contributed by atoms with van der Waals surface area (Å²) in [5, 5.41) is 9.32. The van der Waals surface area contributed by atoms with Gasteiger partial charge in [0.15, 0.2) is 0 Å². The molecule has 1 aromatic heterocycles. The minimum atomic E-state index is 0.754. The van der Waals surface area contributed by atoms with Gasteiger partial charge in [-0.3, -0.25) is 4.68 Å². The van der Waals surface area contributed by atoms with Gasteiger partial charge in [-0.2, -0.15) is 16.9 Å². The van der Waals surface area contributed by atoms with Crippen molar-refractivity contribution in [3.05, 3.63) is 16.4 Å². The second kappa shape index (κ2) is 5.43. The van der Waals surface area contributed by atoms with Crippen LogP contribution in [0.2, 0.25) is 5.15 Å². The van der Waals surface area contributed by atoms with Crippen molar-refractivity contribution in [1.29, 1.82) is 0 Å². The molecule has 0 aromatic carbocycles. The van der Waals surface area contributed by atoms with Crippen molar-refractivity contribution >= 4 is 23.4 Å². The van der Waals surface area contributed by atoms with Crippen LogP contribution in [0.15, 0.2) is 0 Å². The molecule has 0 radical (unpaired) electrons. The Kier molecular flexibility index (Phi) is 4.16. The summed E-state index contributed by atoms with van der Waals surface area (Å²) >= 11 is 8.24. The van der Waals surface area contributed by atoms with Crippen molar-refractivity contribution < 1.29 is 0 Å². The van der Waals surface area contributed by atoms with Crippen LogP contribution in [0.1, 0.15) is 24.1 Å². The molecule has 0 saturated carbocycles. The molecular formula is C11H18ClN3S. The number of nitrogens with zero attached hydrogens (tertiary/aromatic N) is 2. The SMILES string of the molecule is Cc1nn(C)c(Cl)c1CNCC1CCCS1. The normalized spacial score (nSPS) is 20.6. The number of aromatic nitrogens is 2. The fourth-order valence-electron chi connectivity index (χ4n) is 2.04. The molecule has 2 heterocycles. The van der Waals surface area contributed by atoms with Crippen LogP contribution >= 0.6 is 23.4 Å². The third-order valence-corrected chi connectivity index (χ3v) is 4.84. The van der Waals surface area contributed by atoms with E-state index in [1.54, 1.807) is 4.68 Å². The molecule has 0 bridgehead atoms. The molecule has 1 aromatic rings. The highest BCUT2D eigenvalue weighted by Gasteiger charge is 2.16. The van der Waals surface area contributed by atoms with Gasteiger partial charge in [-0.25, -0.2) is 0 Å².